The van der Waals surface area contributed by atoms with Crippen LogP contribution in [0.15, 0.2) is 0 Å². The Kier molecular flexibility index (Phi) is 4.45. The molecule has 0 spiro atoms. The summed E-state index contributed by atoms with van der Waals surface area (Å²) in [5, 5.41) is 10.9. The monoisotopic (exact) mass is 267 g/mol. The van der Waals surface area contributed by atoms with Crippen molar-refractivity contribution < 1.29 is 9.84 Å². The molecule has 0 radical (unpaired) electrons. The third-order valence-corrected chi connectivity index (χ3v) is 5.76. The first-order valence-electron chi connectivity index (χ1n) is 8.32. The standard InChI is InChI=1S/C16H29NO2/c18-15(13-14-5-1-2-6-14)16(7-3-4-8-16)17-9-11-19-12-10-17/h14-15,18H,1-13H2. The lowest BCUT2D eigenvalue weighted by molar-refractivity contribution is -0.0818. The first-order chi connectivity index (χ1) is 9.31. The summed E-state index contributed by atoms with van der Waals surface area (Å²) in [5.74, 6) is 0.786. The summed E-state index contributed by atoms with van der Waals surface area (Å²) >= 11 is 0. The summed E-state index contributed by atoms with van der Waals surface area (Å²) in [7, 11) is 0. The Hall–Kier alpha value is -0.120. The second-order valence-corrected chi connectivity index (χ2v) is 6.81. The molecule has 1 heterocycles. The molecule has 19 heavy (non-hydrogen) atoms. The van der Waals surface area contributed by atoms with Crippen molar-refractivity contribution in [2.75, 3.05) is 26.3 Å². The smallest absolute Gasteiger partial charge is 0.0726 e. The molecule has 3 fully saturated rings. The first-order valence-corrected chi connectivity index (χ1v) is 8.32. The van der Waals surface area contributed by atoms with Crippen LogP contribution in [0.4, 0.5) is 0 Å². The average molecular weight is 267 g/mol. The molecular formula is C16H29NO2. The number of aliphatic hydroxyl groups excluding tert-OH is 1. The predicted molar refractivity (Wildman–Crippen MR) is 76.2 cm³/mol. The van der Waals surface area contributed by atoms with E-state index in [2.05, 4.69) is 4.90 Å². The Morgan fingerprint density at radius 2 is 1.68 bits per heavy atom. The van der Waals surface area contributed by atoms with E-state index in [4.69, 9.17) is 4.74 Å². The van der Waals surface area contributed by atoms with Crippen molar-refractivity contribution in [3.63, 3.8) is 0 Å². The maximum absolute atomic E-state index is 10.9. The van der Waals surface area contributed by atoms with Gasteiger partial charge in [-0.15, -0.1) is 0 Å². The molecule has 3 heteroatoms. The zero-order valence-electron chi connectivity index (χ0n) is 12.1. The van der Waals surface area contributed by atoms with Crippen LogP contribution < -0.4 is 0 Å². The third kappa shape index (κ3) is 2.84. The molecule has 0 aromatic carbocycles. The Morgan fingerprint density at radius 1 is 1.05 bits per heavy atom. The number of hydrogen-bond acceptors (Lipinski definition) is 3. The normalized spacial score (nSPS) is 30.8. The zero-order chi connectivity index (χ0) is 13.1. The van der Waals surface area contributed by atoms with Crippen LogP contribution in [0, 0.1) is 5.92 Å². The quantitative estimate of drug-likeness (QED) is 0.850. The van der Waals surface area contributed by atoms with Gasteiger partial charge in [0.1, 0.15) is 0 Å². The second-order valence-electron chi connectivity index (χ2n) is 6.81. The zero-order valence-corrected chi connectivity index (χ0v) is 12.1. The minimum absolute atomic E-state index is 0.0897. The van der Waals surface area contributed by atoms with E-state index >= 15 is 0 Å². The van der Waals surface area contributed by atoms with Gasteiger partial charge in [0, 0.05) is 18.6 Å². The van der Waals surface area contributed by atoms with Gasteiger partial charge in [-0.2, -0.15) is 0 Å². The van der Waals surface area contributed by atoms with Crippen molar-refractivity contribution in [1.29, 1.82) is 0 Å². The van der Waals surface area contributed by atoms with Gasteiger partial charge in [-0.3, -0.25) is 4.90 Å². The van der Waals surface area contributed by atoms with Crippen LogP contribution in [0.25, 0.3) is 0 Å². The van der Waals surface area contributed by atoms with Crippen molar-refractivity contribution in [2.45, 2.75) is 69.4 Å². The topological polar surface area (TPSA) is 32.7 Å². The van der Waals surface area contributed by atoms with Crippen LogP contribution in [0.5, 0.6) is 0 Å². The van der Waals surface area contributed by atoms with Gasteiger partial charge < -0.3 is 9.84 Å². The molecule has 3 aliphatic rings. The summed E-state index contributed by atoms with van der Waals surface area (Å²) in [6, 6.07) is 0. The summed E-state index contributed by atoms with van der Waals surface area (Å²) in [5.41, 5.74) is 0.0897. The molecule has 3 nitrogen and oxygen atoms in total. The van der Waals surface area contributed by atoms with E-state index in [-0.39, 0.29) is 11.6 Å². The van der Waals surface area contributed by atoms with Gasteiger partial charge in [0.25, 0.3) is 0 Å². The van der Waals surface area contributed by atoms with Crippen molar-refractivity contribution in [3.05, 3.63) is 0 Å². The number of rotatable bonds is 4. The van der Waals surface area contributed by atoms with Crippen molar-refractivity contribution >= 4 is 0 Å². The maximum atomic E-state index is 10.9. The molecule has 0 aromatic heterocycles. The molecule has 2 aliphatic carbocycles. The molecule has 1 N–H and O–H groups in total. The van der Waals surface area contributed by atoms with Crippen molar-refractivity contribution in [3.8, 4) is 0 Å². The molecule has 3 rings (SSSR count). The number of morpholine rings is 1. The van der Waals surface area contributed by atoms with E-state index in [1.54, 1.807) is 0 Å². The van der Waals surface area contributed by atoms with Gasteiger partial charge >= 0.3 is 0 Å². The fraction of sp³-hybridized carbons (Fsp3) is 1.00. The SMILES string of the molecule is OC(CC1CCCC1)C1(N2CCOCC2)CCCC1. The molecule has 0 aromatic rings. The maximum Gasteiger partial charge on any atom is 0.0726 e. The van der Waals surface area contributed by atoms with Gasteiger partial charge in [-0.25, -0.2) is 0 Å². The number of aliphatic hydroxyl groups is 1. The molecule has 1 aliphatic heterocycles. The highest BCUT2D eigenvalue weighted by Crippen LogP contribution is 2.42. The Balaban J connectivity index is 1.67. The van der Waals surface area contributed by atoms with Gasteiger partial charge in [0.2, 0.25) is 0 Å². The van der Waals surface area contributed by atoms with Gasteiger partial charge in [0.15, 0.2) is 0 Å². The summed E-state index contributed by atoms with van der Waals surface area (Å²) < 4.78 is 5.49. The minimum atomic E-state index is -0.115. The molecule has 0 amide bonds. The van der Waals surface area contributed by atoms with Crippen LogP contribution in [-0.4, -0.2) is 48.0 Å². The number of hydrogen-bond donors (Lipinski definition) is 1. The van der Waals surface area contributed by atoms with Crippen LogP contribution in [0.2, 0.25) is 0 Å². The van der Waals surface area contributed by atoms with Gasteiger partial charge in [-0.05, 0) is 25.2 Å². The fourth-order valence-electron chi connectivity index (χ4n) is 4.64. The highest BCUT2D eigenvalue weighted by molar-refractivity contribution is 5.01. The van der Waals surface area contributed by atoms with E-state index in [1.165, 1.54) is 51.4 Å². The number of ether oxygens (including phenoxy) is 1. The van der Waals surface area contributed by atoms with Gasteiger partial charge in [0.05, 0.1) is 19.3 Å². The highest BCUT2D eigenvalue weighted by atomic mass is 16.5. The van der Waals surface area contributed by atoms with E-state index in [0.29, 0.717) is 0 Å². The van der Waals surface area contributed by atoms with Crippen molar-refractivity contribution in [2.24, 2.45) is 5.92 Å². The average Bonchev–Trinajstić information content (AvgIpc) is 3.11. The van der Waals surface area contributed by atoms with Crippen LogP contribution in [0.1, 0.15) is 57.8 Å². The molecule has 1 atom stereocenters. The van der Waals surface area contributed by atoms with Crippen molar-refractivity contribution in [1.82, 2.24) is 4.90 Å². The van der Waals surface area contributed by atoms with E-state index in [9.17, 15) is 5.11 Å². The van der Waals surface area contributed by atoms with E-state index < -0.39 is 0 Å². The van der Waals surface area contributed by atoms with E-state index in [1.807, 2.05) is 0 Å². The van der Waals surface area contributed by atoms with Crippen LogP contribution in [-0.2, 0) is 4.74 Å². The van der Waals surface area contributed by atoms with Gasteiger partial charge in [-0.1, -0.05) is 38.5 Å². The predicted octanol–water partition coefficient (Wildman–Crippen LogP) is 2.57. The Morgan fingerprint density at radius 3 is 2.32 bits per heavy atom. The Bertz CT molecular complexity index is 276. The fourth-order valence-corrected chi connectivity index (χ4v) is 4.64. The molecule has 110 valence electrons. The lowest BCUT2D eigenvalue weighted by Crippen LogP contribution is -2.58. The third-order valence-electron chi connectivity index (χ3n) is 5.76. The molecule has 1 unspecified atom stereocenters. The highest BCUT2D eigenvalue weighted by Gasteiger charge is 2.46. The van der Waals surface area contributed by atoms with E-state index in [0.717, 1.165) is 38.6 Å². The summed E-state index contributed by atoms with van der Waals surface area (Å²) in [4.78, 5) is 2.56. The summed E-state index contributed by atoms with van der Waals surface area (Å²) in [6.07, 6.45) is 11.3. The van der Waals surface area contributed by atoms with Crippen LogP contribution in [0.3, 0.4) is 0 Å². The largest absolute Gasteiger partial charge is 0.391 e. The lowest BCUT2D eigenvalue weighted by Gasteiger charge is -2.47. The second kappa shape index (κ2) is 6.11. The lowest BCUT2D eigenvalue weighted by atomic mass is 9.82. The molecule has 1 saturated heterocycles. The summed E-state index contributed by atoms with van der Waals surface area (Å²) in [6.45, 7) is 3.72. The molecular weight excluding hydrogens is 238 g/mol. The molecule has 2 saturated carbocycles. The number of nitrogens with zero attached hydrogens (tertiary/aromatic N) is 1. The minimum Gasteiger partial charge on any atom is -0.391 e. The Labute approximate surface area is 117 Å². The van der Waals surface area contributed by atoms with Crippen LogP contribution >= 0.6 is 0 Å². The first kappa shape index (κ1) is 13.8. The molecule has 0 bridgehead atoms.